The first-order valence-electron chi connectivity index (χ1n) is 3.56. The number of aliphatic carboxylic acids is 1. The van der Waals surface area contributed by atoms with Crippen LogP contribution in [-0.2, 0) is 4.79 Å². The Morgan fingerprint density at radius 3 is 3.18 bits per heavy atom. The van der Waals surface area contributed by atoms with E-state index >= 15 is 0 Å². The van der Waals surface area contributed by atoms with Crippen LogP contribution in [0, 0.1) is 5.92 Å². The Bertz CT molecular complexity index is 226. The molecule has 2 heterocycles. The highest BCUT2D eigenvalue weighted by Crippen LogP contribution is 2.16. The van der Waals surface area contributed by atoms with Crippen LogP contribution >= 0.6 is 0 Å². The Morgan fingerprint density at radius 2 is 2.45 bits per heavy atom. The van der Waals surface area contributed by atoms with E-state index in [0.29, 0.717) is 0 Å². The molecule has 0 saturated carbocycles. The number of carboxylic acid groups (broad SMARTS) is 1. The van der Waals surface area contributed by atoms with Gasteiger partial charge in [0.25, 0.3) is 0 Å². The lowest BCUT2D eigenvalue weighted by atomic mass is 10.0. The van der Waals surface area contributed by atoms with Gasteiger partial charge in [-0.2, -0.15) is 5.10 Å². The number of fused-ring (bicyclic) bond motifs is 1. The van der Waals surface area contributed by atoms with Gasteiger partial charge in [0.05, 0.1) is 6.04 Å². The van der Waals surface area contributed by atoms with Crippen molar-refractivity contribution in [3.8, 4) is 0 Å². The van der Waals surface area contributed by atoms with Gasteiger partial charge in [-0.05, 0) is 0 Å². The van der Waals surface area contributed by atoms with Crippen molar-refractivity contribution in [3.05, 3.63) is 0 Å². The molecule has 3 N–H and O–H groups in total. The molecule has 2 atom stereocenters. The van der Waals surface area contributed by atoms with Gasteiger partial charge in [-0.1, -0.05) is 0 Å². The Hall–Kier alpha value is -1.10. The van der Waals surface area contributed by atoms with E-state index in [1.165, 1.54) is 0 Å². The molecule has 0 amide bonds. The zero-order valence-corrected chi connectivity index (χ0v) is 5.87. The molecule has 0 aliphatic carbocycles. The minimum Gasteiger partial charge on any atom is -0.477 e. The summed E-state index contributed by atoms with van der Waals surface area (Å²) in [6.45, 7) is 1.54. The molecule has 2 aliphatic heterocycles. The van der Waals surface area contributed by atoms with Gasteiger partial charge in [-0.25, -0.2) is 4.79 Å². The average molecular weight is 155 g/mol. The van der Waals surface area contributed by atoms with Crippen molar-refractivity contribution in [2.45, 2.75) is 6.04 Å². The third-order valence-electron chi connectivity index (χ3n) is 2.14. The van der Waals surface area contributed by atoms with E-state index in [1.54, 1.807) is 0 Å². The molecule has 5 nitrogen and oxygen atoms in total. The van der Waals surface area contributed by atoms with Crippen LogP contribution in [0.25, 0.3) is 0 Å². The summed E-state index contributed by atoms with van der Waals surface area (Å²) in [4.78, 5) is 10.5. The average Bonchev–Trinajstić information content (AvgIpc) is 2.41. The van der Waals surface area contributed by atoms with E-state index < -0.39 is 5.97 Å². The highest BCUT2D eigenvalue weighted by Gasteiger charge is 2.38. The van der Waals surface area contributed by atoms with Gasteiger partial charge in [0, 0.05) is 19.0 Å². The minimum absolute atomic E-state index is 0.0625. The maximum absolute atomic E-state index is 10.5. The smallest absolute Gasteiger partial charge is 0.352 e. The van der Waals surface area contributed by atoms with Crippen molar-refractivity contribution in [1.29, 1.82) is 0 Å². The van der Waals surface area contributed by atoms with Crippen molar-refractivity contribution in [1.82, 2.24) is 10.7 Å². The molecular weight excluding hydrogens is 146 g/mol. The summed E-state index contributed by atoms with van der Waals surface area (Å²) in [5.41, 5.74) is 3.06. The minimum atomic E-state index is -0.909. The summed E-state index contributed by atoms with van der Waals surface area (Å²) in [5.74, 6) is -0.846. The van der Waals surface area contributed by atoms with Gasteiger partial charge in [0.15, 0.2) is 5.71 Å². The number of carboxylic acids is 1. The number of rotatable bonds is 1. The Balaban J connectivity index is 2.18. The summed E-state index contributed by atoms with van der Waals surface area (Å²) in [5, 5.41) is 15.5. The van der Waals surface area contributed by atoms with E-state index in [-0.39, 0.29) is 17.7 Å². The molecular formula is C6H9N3O2. The van der Waals surface area contributed by atoms with Gasteiger partial charge < -0.3 is 15.8 Å². The highest BCUT2D eigenvalue weighted by molar-refractivity contribution is 6.37. The van der Waals surface area contributed by atoms with Gasteiger partial charge in [0.2, 0.25) is 0 Å². The van der Waals surface area contributed by atoms with Crippen molar-refractivity contribution >= 4 is 11.7 Å². The molecule has 0 aromatic rings. The lowest BCUT2D eigenvalue weighted by molar-refractivity contribution is -0.129. The van der Waals surface area contributed by atoms with Crippen molar-refractivity contribution in [2.24, 2.45) is 11.0 Å². The van der Waals surface area contributed by atoms with E-state index in [0.717, 1.165) is 13.1 Å². The number of nitrogens with zero attached hydrogens (tertiary/aromatic N) is 1. The molecule has 2 aliphatic rings. The molecule has 5 heteroatoms. The van der Waals surface area contributed by atoms with E-state index in [4.69, 9.17) is 5.11 Å². The van der Waals surface area contributed by atoms with Gasteiger partial charge >= 0.3 is 5.97 Å². The normalized spacial score (nSPS) is 34.4. The van der Waals surface area contributed by atoms with Crippen LogP contribution in [0.5, 0.6) is 0 Å². The second kappa shape index (κ2) is 2.20. The third-order valence-corrected chi connectivity index (χ3v) is 2.14. The molecule has 2 rings (SSSR count). The first-order valence-corrected chi connectivity index (χ1v) is 3.56. The second-order valence-corrected chi connectivity index (χ2v) is 2.80. The predicted octanol–water partition coefficient (Wildman–Crippen LogP) is -1.38. The van der Waals surface area contributed by atoms with Crippen LogP contribution in [0.15, 0.2) is 5.10 Å². The van der Waals surface area contributed by atoms with Crippen LogP contribution in [0.2, 0.25) is 0 Å². The fourth-order valence-corrected chi connectivity index (χ4v) is 1.54. The zero-order valence-electron chi connectivity index (χ0n) is 5.87. The standard InChI is InChI=1S/C6H9N3O2/c10-6(11)5-3-1-7-2-4(3)8-9-5/h3-4,7-8H,1-2H2,(H,10,11). The molecule has 0 radical (unpaired) electrons. The first-order chi connectivity index (χ1) is 5.29. The second-order valence-electron chi connectivity index (χ2n) is 2.80. The summed E-state index contributed by atoms with van der Waals surface area (Å²) < 4.78 is 0. The summed E-state index contributed by atoms with van der Waals surface area (Å²) in [7, 11) is 0. The molecule has 2 unspecified atom stereocenters. The Morgan fingerprint density at radius 1 is 1.64 bits per heavy atom. The topological polar surface area (TPSA) is 73.7 Å². The maximum Gasteiger partial charge on any atom is 0.352 e. The number of nitrogens with one attached hydrogen (secondary N) is 2. The molecule has 1 saturated heterocycles. The monoisotopic (exact) mass is 155 g/mol. The molecule has 60 valence electrons. The largest absolute Gasteiger partial charge is 0.477 e. The van der Waals surface area contributed by atoms with Crippen LogP contribution < -0.4 is 10.7 Å². The molecule has 1 fully saturated rings. The summed E-state index contributed by atoms with van der Waals surface area (Å²) in [6.07, 6.45) is 0. The van der Waals surface area contributed by atoms with E-state index in [2.05, 4.69) is 15.8 Å². The lowest BCUT2D eigenvalue weighted by Gasteiger charge is -2.05. The highest BCUT2D eigenvalue weighted by atomic mass is 16.4. The zero-order chi connectivity index (χ0) is 7.84. The van der Waals surface area contributed by atoms with Gasteiger partial charge in [0.1, 0.15) is 0 Å². The fourth-order valence-electron chi connectivity index (χ4n) is 1.54. The lowest BCUT2D eigenvalue weighted by Crippen LogP contribution is -2.30. The fraction of sp³-hybridized carbons (Fsp3) is 0.667. The van der Waals surface area contributed by atoms with Crippen LogP contribution in [0.4, 0.5) is 0 Å². The Kier molecular flexibility index (Phi) is 1.32. The van der Waals surface area contributed by atoms with Gasteiger partial charge in [-0.3, -0.25) is 0 Å². The van der Waals surface area contributed by atoms with Crippen molar-refractivity contribution in [2.75, 3.05) is 13.1 Å². The molecule has 0 spiro atoms. The number of hydrogen-bond donors (Lipinski definition) is 3. The number of hydrogen-bond acceptors (Lipinski definition) is 4. The number of carbonyl (C=O) groups is 1. The quantitative estimate of drug-likeness (QED) is 0.436. The van der Waals surface area contributed by atoms with Crippen LogP contribution in [-0.4, -0.2) is 35.9 Å². The first kappa shape index (κ1) is 6.60. The predicted molar refractivity (Wildman–Crippen MR) is 38.4 cm³/mol. The van der Waals surface area contributed by atoms with E-state index in [9.17, 15) is 4.79 Å². The van der Waals surface area contributed by atoms with Crippen LogP contribution in [0.1, 0.15) is 0 Å². The van der Waals surface area contributed by atoms with Gasteiger partial charge in [-0.15, -0.1) is 0 Å². The van der Waals surface area contributed by atoms with Crippen molar-refractivity contribution < 1.29 is 9.90 Å². The maximum atomic E-state index is 10.5. The summed E-state index contributed by atoms with van der Waals surface area (Å²) >= 11 is 0. The van der Waals surface area contributed by atoms with Crippen LogP contribution in [0.3, 0.4) is 0 Å². The molecule has 0 bridgehead atoms. The SMILES string of the molecule is O=C(O)C1=NNC2CNCC12. The molecule has 0 aromatic carbocycles. The Labute approximate surface area is 63.5 Å². The summed E-state index contributed by atoms with van der Waals surface area (Å²) in [6, 6.07) is 0.195. The third kappa shape index (κ3) is 0.883. The molecule has 0 aromatic heterocycles. The van der Waals surface area contributed by atoms with Crippen molar-refractivity contribution in [3.63, 3.8) is 0 Å². The number of hydrazone groups is 1. The molecule has 11 heavy (non-hydrogen) atoms. The van der Waals surface area contributed by atoms with E-state index in [1.807, 2.05) is 0 Å².